The zero-order chi connectivity index (χ0) is 43.7. The van der Waals surface area contributed by atoms with Crippen LogP contribution in [0, 0.1) is 0 Å². The van der Waals surface area contributed by atoms with Gasteiger partial charge in [0.25, 0.3) is 0 Å². The van der Waals surface area contributed by atoms with Crippen molar-refractivity contribution in [1.29, 1.82) is 0 Å². The van der Waals surface area contributed by atoms with Crippen molar-refractivity contribution in [3.63, 3.8) is 0 Å². The van der Waals surface area contributed by atoms with Crippen molar-refractivity contribution in [2.45, 2.75) is 316 Å². The van der Waals surface area contributed by atoms with E-state index in [0.717, 1.165) is 57.8 Å². The molecule has 0 aromatic heterocycles. The van der Waals surface area contributed by atoms with Gasteiger partial charge in [-0.3, -0.25) is 14.4 Å². The highest BCUT2D eigenvalue weighted by Gasteiger charge is 2.19. The summed E-state index contributed by atoms with van der Waals surface area (Å²) in [5.41, 5.74) is 0. The minimum Gasteiger partial charge on any atom is -0.462 e. The Morgan fingerprint density at radius 1 is 0.267 bits per heavy atom. The van der Waals surface area contributed by atoms with Gasteiger partial charge in [-0.15, -0.1) is 0 Å². The number of ether oxygens (including phenoxy) is 3. The lowest BCUT2D eigenvalue weighted by Crippen LogP contribution is -2.30. The van der Waals surface area contributed by atoms with Crippen molar-refractivity contribution in [3.8, 4) is 0 Å². The topological polar surface area (TPSA) is 78.9 Å². The highest BCUT2D eigenvalue weighted by atomic mass is 16.6. The van der Waals surface area contributed by atoms with Crippen LogP contribution in [-0.4, -0.2) is 37.2 Å². The van der Waals surface area contributed by atoms with Crippen LogP contribution in [0.4, 0.5) is 0 Å². The van der Waals surface area contributed by atoms with Gasteiger partial charge in [-0.05, 0) is 19.3 Å². The Kier molecular flexibility index (Phi) is 48.7. The first kappa shape index (κ1) is 58.4. The van der Waals surface area contributed by atoms with Crippen LogP contribution in [0.2, 0.25) is 0 Å². The molecule has 1 atom stereocenters. The second-order valence-corrected chi connectivity index (χ2v) is 18.5. The van der Waals surface area contributed by atoms with Gasteiger partial charge in [0.2, 0.25) is 0 Å². The van der Waals surface area contributed by atoms with Crippen LogP contribution in [-0.2, 0) is 28.6 Å². The highest BCUT2D eigenvalue weighted by Crippen LogP contribution is 2.17. The molecule has 6 nitrogen and oxygen atoms in total. The van der Waals surface area contributed by atoms with Gasteiger partial charge in [-0.2, -0.15) is 0 Å². The zero-order valence-electron chi connectivity index (χ0n) is 40.8. The van der Waals surface area contributed by atoms with Gasteiger partial charge in [0.15, 0.2) is 6.10 Å². The maximum absolute atomic E-state index is 12.7. The van der Waals surface area contributed by atoms with E-state index in [1.807, 2.05) is 0 Å². The van der Waals surface area contributed by atoms with Crippen LogP contribution in [0.3, 0.4) is 0 Å². The first-order chi connectivity index (χ1) is 29.5. The molecule has 356 valence electrons. The van der Waals surface area contributed by atoms with Crippen molar-refractivity contribution in [2.24, 2.45) is 0 Å². The molecule has 0 bridgehead atoms. The van der Waals surface area contributed by atoms with Gasteiger partial charge in [0.05, 0.1) is 0 Å². The standard InChI is InChI=1S/C54H104O6/c1-4-7-10-13-16-19-21-23-25-27-29-31-33-36-38-41-44-47-53(56)59-50-51(60-54(57)48-45-42-39-34-18-15-12-9-6-3)49-58-52(55)46-43-40-37-35-32-30-28-26-24-22-20-17-14-11-8-5-2/h51H,4-50H2,1-3H3/t51-/m1/s1. The van der Waals surface area contributed by atoms with Crippen LogP contribution in [0.1, 0.15) is 310 Å². The number of rotatable bonds is 50. The fourth-order valence-electron chi connectivity index (χ4n) is 8.27. The molecule has 0 spiro atoms. The van der Waals surface area contributed by atoms with Gasteiger partial charge in [0.1, 0.15) is 13.2 Å². The van der Waals surface area contributed by atoms with Gasteiger partial charge in [0, 0.05) is 19.3 Å². The average Bonchev–Trinajstić information content (AvgIpc) is 3.24. The van der Waals surface area contributed by atoms with Gasteiger partial charge in [-0.25, -0.2) is 0 Å². The SMILES string of the molecule is CCCCCCCCCCCCCCCCCCCC(=O)OC[C@@H](COC(=O)CCCCCCCCCCCCCCCCCC)OC(=O)CCCCCCCCCCC. The fourth-order valence-corrected chi connectivity index (χ4v) is 8.27. The summed E-state index contributed by atoms with van der Waals surface area (Å²) >= 11 is 0. The van der Waals surface area contributed by atoms with Crippen molar-refractivity contribution < 1.29 is 28.6 Å². The number of carbonyl (C=O) groups is 3. The summed E-state index contributed by atoms with van der Waals surface area (Å²) < 4.78 is 16.8. The van der Waals surface area contributed by atoms with E-state index in [9.17, 15) is 14.4 Å². The summed E-state index contributed by atoms with van der Waals surface area (Å²) in [6.07, 6.45) is 53.8. The Balaban J connectivity index is 4.20. The van der Waals surface area contributed by atoms with E-state index in [1.54, 1.807) is 0 Å². The van der Waals surface area contributed by atoms with Crippen molar-refractivity contribution in [2.75, 3.05) is 13.2 Å². The maximum atomic E-state index is 12.7. The van der Waals surface area contributed by atoms with Gasteiger partial charge < -0.3 is 14.2 Å². The minimum atomic E-state index is -0.759. The van der Waals surface area contributed by atoms with E-state index >= 15 is 0 Å². The third-order valence-electron chi connectivity index (χ3n) is 12.4. The molecule has 0 aliphatic rings. The number of hydrogen-bond donors (Lipinski definition) is 0. The molecule has 0 fully saturated rings. The van der Waals surface area contributed by atoms with Gasteiger partial charge in [-0.1, -0.05) is 271 Å². The van der Waals surface area contributed by atoms with E-state index < -0.39 is 6.10 Å². The monoisotopic (exact) mass is 849 g/mol. The number of unbranched alkanes of at least 4 members (excludes halogenated alkanes) is 39. The Morgan fingerprint density at radius 2 is 0.450 bits per heavy atom. The molecule has 0 amide bonds. The summed E-state index contributed by atoms with van der Waals surface area (Å²) in [4.78, 5) is 37.9. The molecule has 0 radical (unpaired) electrons. The fraction of sp³-hybridized carbons (Fsp3) is 0.944. The predicted octanol–water partition coefficient (Wildman–Crippen LogP) is 17.6. The lowest BCUT2D eigenvalue weighted by Gasteiger charge is -2.18. The Bertz CT molecular complexity index is 889. The molecule has 0 aliphatic carbocycles. The Morgan fingerprint density at radius 3 is 0.667 bits per heavy atom. The molecule has 0 heterocycles. The third kappa shape index (κ3) is 47.5. The quantitative estimate of drug-likeness (QED) is 0.0345. The lowest BCUT2D eigenvalue weighted by atomic mass is 10.0. The van der Waals surface area contributed by atoms with E-state index in [4.69, 9.17) is 14.2 Å². The Labute approximate surface area is 374 Å². The van der Waals surface area contributed by atoms with Gasteiger partial charge >= 0.3 is 17.9 Å². The first-order valence-corrected chi connectivity index (χ1v) is 27.0. The molecule has 6 heteroatoms. The Hall–Kier alpha value is -1.59. The zero-order valence-corrected chi connectivity index (χ0v) is 40.8. The molecule has 60 heavy (non-hydrogen) atoms. The van der Waals surface area contributed by atoms with Crippen LogP contribution >= 0.6 is 0 Å². The summed E-state index contributed by atoms with van der Waals surface area (Å²) in [7, 11) is 0. The third-order valence-corrected chi connectivity index (χ3v) is 12.4. The second-order valence-electron chi connectivity index (χ2n) is 18.5. The molecule has 0 aliphatic heterocycles. The number of hydrogen-bond acceptors (Lipinski definition) is 6. The first-order valence-electron chi connectivity index (χ1n) is 27.0. The van der Waals surface area contributed by atoms with Crippen LogP contribution in [0.15, 0.2) is 0 Å². The number of esters is 3. The van der Waals surface area contributed by atoms with Crippen molar-refractivity contribution in [3.05, 3.63) is 0 Å². The van der Waals surface area contributed by atoms with E-state index in [2.05, 4.69) is 20.8 Å². The second kappa shape index (κ2) is 50.1. The predicted molar refractivity (Wildman–Crippen MR) is 257 cm³/mol. The molecule has 0 N–H and O–H groups in total. The molecule has 0 rings (SSSR count). The smallest absolute Gasteiger partial charge is 0.306 e. The van der Waals surface area contributed by atoms with Crippen LogP contribution < -0.4 is 0 Å². The van der Waals surface area contributed by atoms with E-state index in [-0.39, 0.29) is 31.1 Å². The lowest BCUT2D eigenvalue weighted by molar-refractivity contribution is -0.167. The summed E-state index contributed by atoms with van der Waals surface area (Å²) in [5.74, 6) is -0.841. The molecule has 0 saturated carbocycles. The largest absolute Gasteiger partial charge is 0.462 e. The highest BCUT2D eigenvalue weighted by molar-refractivity contribution is 5.71. The normalized spacial score (nSPS) is 11.8. The van der Waals surface area contributed by atoms with E-state index in [0.29, 0.717) is 19.3 Å². The molecule has 0 saturated heterocycles. The molecular formula is C54H104O6. The molecule has 0 aromatic carbocycles. The molecule has 0 unspecified atom stereocenters. The van der Waals surface area contributed by atoms with Crippen LogP contribution in [0.5, 0.6) is 0 Å². The van der Waals surface area contributed by atoms with E-state index in [1.165, 1.54) is 212 Å². The molecule has 0 aromatic rings. The summed E-state index contributed by atoms with van der Waals surface area (Å²) in [6.45, 7) is 6.67. The minimum absolute atomic E-state index is 0.0619. The maximum Gasteiger partial charge on any atom is 0.306 e. The average molecular weight is 849 g/mol. The molecular weight excluding hydrogens is 745 g/mol. The summed E-state index contributed by atoms with van der Waals surface area (Å²) in [6, 6.07) is 0. The summed E-state index contributed by atoms with van der Waals surface area (Å²) in [5, 5.41) is 0. The van der Waals surface area contributed by atoms with Crippen molar-refractivity contribution in [1.82, 2.24) is 0 Å². The number of carbonyl (C=O) groups excluding carboxylic acids is 3. The van der Waals surface area contributed by atoms with Crippen LogP contribution in [0.25, 0.3) is 0 Å². The van der Waals surface area contributed by atoms with Crippen molar-refractivity contribution >= 4 is 17.9 Å².